The van der Waals surface area contributed by atoms with E-state index in [1.165, 1.54) is 30.7 Å². The monoisotopic (exact) mass is 502 g/mol. The molecule has 36 heavy (non-hydrogen) atoms. The lowest BCUT2D eigenvalue weighted by molar-refractivity contribution is -0.188. The van der Waals surface area contributed by atoms with Crippen LogP contribution >= 0.6 is 0 Å². The molecule has 0 atom stereocenters. The molecule has 0 unspecified atom stereocenters. The zero-order valence-electron chi connectivity index (χ0n) is 20.9. The van der Waals surface area contributed by atoms with Gasteiger partial charge in [-0.3, -0.25) is 0 Å². The van der Waals surface area contributed by atoms with Crippen molar-refractivity contribution in [3.63, 3.8) is 0 Å². The van der Waals surface area contributed by atoms with E-state index in [0.29, 0.717) is 0 Å². The molecule has 0 heterocycles. The minimum atomic E-state index is -3.67. The van der Waals surface area contributed by atoms with Gasteiger partial charge in [-0.15, -0.1) is 0 Å². The van der Waals surface area contributed by atoms with Crippen LogP contribution in [0.3, 0.4) is 0 Å². The number of hydrogen-bond donors (Lipinski definition) is 0. The highest BCUT2D eigenvalue weighted by atomic mass is 19.3. The second-order valence-corrected chi connectivity index (χ2v) is 9.02. The molecular formula is C30H34F4O2. The van der Waals surface area contributed by atoms with Crippen LogP contribution in [0.25, 0.3) is 0 Å². The lowest BCUT2D eigenvalue weighted by Crippen LogP contribution is -2.24. The van der Waals surface area contributed by atoms with Crippen molar-refractivity contribution in [3.8, 4) is 11.5 Å². The number of hydrogen-bond acceptors (Lipinski definition) is 2. The maximum absolute atomic E-state index is 14.7. The van der Waals surface area contributed by atoms with Crippen molar-refractivity contribution in [2.45, 2.75) is 77.4 Å². The molecule has 0 fully saturated rings. The molecule has 6 heteroatoms. The molecule has 3 rings (SSSR count). The van der Waals surface area contributed by atoms with Gasteiger partial charge in [0.1, 0.15) is 11.5 Å². The van der Waals surface area contributed by atoms with E-state index in [1.54, 1.807) is 24.3 Å². The first-order valence-corrected chi connectivity index (χ1v) is 12.7. The van der Waals surface area contributed by atoms with E-state index in [0.717, 1.165) is 80.3 Å². The molecule has 0 spiro atoms. The average Bonchev–Trinajstić information content (AvgIpc) is 2.87. The molecule has 3 aromatic rings. The van der Waals surface area contributed by atoms with Gasteiger partial charge in [-0.05, 0) is 85.3 Å². The molecule has 0 bridgehead atoms. The molecule has 194 valence electrons. The minimum absolute atomic E-state index is 0.00630. The van der Waals surface area contributed by atoms with Crippen molar-refractivity contribution in [1.82, 2.24) is 0 Å². The maximum atomic E-state index is 14.7. The highest BCUT2D eigenvalue weighted by molar-refractivity contribution is 5.32. The van der Waals surface area contributed by atoms with Gasteiger partial charge in [0, 0.05) is 0 Å². The highest BCUT2D eigenvalue weighted by Crippen LogP contribution is 2.36. The van der Waals surface area contributed by atoms with Crippen molar-refractivity contribution in [3.05, 3.63) is 95.1 Å². The summed E-state index contributed by atoms with van der Waals surface area (Å²) in [5.41, 5.74) is 1.06. The van der Waals surface area contributed by atoms with Crippen LogP contribution in [-0.2, 0) is 25.1 Å². The number of halogens is 4. The Bertz CT molecular complexity index is 1050. The lowest BCUT2D eigenvalue weighted by atomic mass is 10.1. The topological polar surface area (TPSA) is 18.5 Å². The third-order valence-corrected chi connectivity index (χ3v) is 6.03. The SMILES string of the molecule is CCCCCCc1ccc(OC(F)(F)c2ccc(C(F)(F)Oc3ccc(CCCC)cc3)cc2)cc1. The number of alkyl halides is 4. The Kier molecular flexibility index (Phi) is 9.80. The second kappa shape index (κ2) is 12.8. The quantitative estimate of drug-likeness (QED) is 0.161. The standard InChI is InChI=1S/C30H34F4O2/c1-3-5-7-8-10-24-13-21-28(22-14-24)36-30(33,34)26-17-15-25(16-18-26)29(31,32)35-27-19-11-23(12-20-27)9-6-4-2/h11-22H,3-10H2,1-2H3. The summed E-state index contributed by atoms with van der Waals surface area (Å²) >= 11 is 0. The smallest absolute Gasteiger partial charge is 0.426 e. The fourth-order valence-corrected chi connectivity index (χ4v) is 3.86. The number of aryl methyl sites for hydroxylation is 2. The third-order valence-electron chi connectivity index (χ3n) is 6.03. The minimum Gasteiger partial charge on any atom is -0.429 e. The molecule has 0 N–H and O–H groups in total. The van der Waals surface area contributed by atoms with E-state index < -0.39 is 23.3 Å². The molecule has 0 aliphatic carbocycles. The Morgan fingerprint density at radius 1 is 0.500 bits per heavy atom. The summed E-state index contributed by atoms with van der Waals surface area (Å²) in [5.74, 6) is 0.0178. The van der Waals surface area contributed by atoms with Gasteiger partial charge in [0.05, 0.1) is 11.1 Å². The summed E-state index contributed by atoms with van der Waals surface area (Å²) in [5, 5.41) is 0. The number of ether oxygens (including phenoxy) is 2. The van der Waals surface area contributed by atoms with Crippen molar-refractivity contribution in [1.29, 1.82) is 0 Å². The van der Waals surface area contributed by atoms with E-state index >= 15 is 0 Å². The zero-order valence-corrected chi connectivity index (χ0v) is 20.9. The van der Waals surface area contributed by atoms with Crippen molar-refractivity contribution < 1.29 is 27.0 Å². The van der Waals surface area contributed by atoms with Gasteiger partial charge in [0.15, 0.2) is 0 Å². The fraction of sp³-hybridized carbons (Fsp3) is 0.400. The van der Waals surface area contributed by atoms with Crippen LogP contribution in [0.4, 0.5) is 17.6 Å². The van der Waals surface area contributed by atoms with Crippen molar-refractivity contribution in [2.24, 2.45) is 0 Å². The molecule has 0 saturated heterocycles. The van der Waals surface area contributed by atoms with E-state index in [1.807, 2.05) is 0 Å². The van der Waals surface area contributed by atoms with Crippen molar-refractivity contribution >= 4 is 0 Å². The first-order valence-electron chi connectivity index (χ1n) is 12.7. The predicted molar refractivity (Wildman–Crippen MR) is 135 cm³/mol. The van der Waals surface area contributed by atoms with Gasteiger partial charge in [-0.1, -0.05) is 63.8 Å². The van der Waals surface area contributed by atoms with Crippen LogP contribution in [0, 0.1) is 0 Å². The number of rotatable bonds is 14. The van der Waals surface area contributed by atoms with E-state index in [2.05, 4.69) is 13.8 Å². The van der Waals surface area contributed by atoms with Gasteiger partial charge in [0.2, 0.25) is 0 Å². The van der Waals surface area contributed by atoms with Crippen LogP contribution in [0.5, 0.6) is 11.5 Å². The summed E-state index contributed by atoms with van der Waals surface area (Å²) in [6.45, 7) is 4.23. The molecule has 0 radical (unpaired) electrons. The predicted octanol–water partition coefficient (Wildman–Crippen LogP) is 9.41. The molecule has 0 saturated carbocycles. The summed E-state index contributed by atoms with van der Waals surface area (Å²) < 4.78 is 68.4. The Morgan fingerprint density at radius 3 is 1.28 bits per heavy atom. The Morgan fingerprint density at radius 2 is 0.889 bits per heavy atom. The summed E-state index contributed by atoms with van der Waals surface area (Å²) in [4.78, 5) is 0. The van der Waals surface area contributed by atoms with Crippen LogP contribution in [0.2, 0.25) is 0 Å². The van der Waals surface area contributed by atoms with Gasteiger partial charge in [0.25, 0.3) is 0 Å². The van der Waals surface area contributed by atoms with Crippen LogP contribution in [-0.4, -0.2) is 0 Å². The average molecular weight is 503 g/mol. The molecule has 3 aromatic carbocycles. The Labute approximate surface area is 211 Å². The number of unbranched alkanes of at least 4 members (excludes halogenated alkanes) is 4. The van der Waals surface area contributed by atoms with Crippen LogP contribution in [0.1, 0.15) is 74.6 Å². The first kappa shape index (κ1) is 27.6. The molecule has 0 aliphatic rings. The molecule has 0 aromatic heterocycles. The fourth-order valence-electron chi connectivity index (χ4n) is 3.86. The van der Waals surface area contributed by atoms with Gasteiger partial charge in [-0.2, -0.15) is 17.6 Å². The largest absolute Gasteiger partial charge is 0.429 e. The molecule has 0 amide bonds. The summed E-state index contributed by atoms with van der Waals surface area (Å²) in [6.07, 6.45) is 0.984. The van der Waals surface area contributed by atoms with Gasteiger partial charge < -0.3 is 9.47 Å². The summed E-state index contributed by atoms with van der Waals surface area (Å²) in [7, 11) is 0. The third kappa shape index (κ3) is 8.00. The van der Waals surface area contributed by atoms with Crippen molar-refractivity contribution in [2.75, 3.05) is 0 Å². The van der Waals surface area contributed by atoms with Crippen LogP contribution in [0.15, 0.2) is 72.8 Å². The van der Waals surface area contributed by atoms with Gasteiger partial charge in [-0.25, -0.2) is 0 Å². The van der Waals surface area contributed by atoms with Crippen LogP contribution < -0.4 is 9.47 Å². The molecular weight excluding hydrogens is 468 g/mol. The Balaban J connectivity index is 1.60. The molecule has 0 aliphatic heterocycles. The highest BCUT2D eigenvalue weighted by Gasteiger charge is 2.38. The van der Waals surface area contributed by atoms with E-state index in [9.17, 15) is 17.6 Å². The molecule has 2 nitrogen and oxygen atoms in total. The summed E-state index contributed by atoms with van der Waals surface area (Å²) in [6, 6.07) is 16.8. The lowest BCUT2D eigenvalue weighted by Gasteiger charge is -2.21. The maximum Gasteiger partial charge on any atom is 0.426 e. The van der Waals surface area contributed by atoms with E-state index in [-0.39, 0.29) is 11.5 Å². The second-order valence-electron chi connectivity index (χ2n) is 9.02. The van der Waals surface area contributed by atoms with Gasteiger partial charge >= 0.3 is 12.2 Å². The number of benzene rings is 3. The Hall–Kier alpha value is -3.02. The zero-order chi connectivity index (χ0) is 26.0. The van der Waals surface area contributed by atoms with E-state index in [4.69, 9.17) is 9.47 Å². The first-order chi connectivity index (χ1) is 17.2. The normalized spacial score (nSPS) is 11.9.